The third kappa shape index (κ3) is 4.65. The summed E-state index contributed by atoms with van der Waals surface area (Å²) in [5.74, 6) is -1.16. The maximum atomic E-state index is 13.3. The Balaban J connectivity index is 2.66. The lowest BCUT2D eigenvalue weighted by Gasteiger charge is -2.08. The van der Waals surface area contributed by atoms with Crippen molar-refractivity contribution in [1.82, 2.24) is 0 Å². The Bertz CT molecular complexity index is 408. The molecule has 0 N–H and O–H groups in total. The first-order chi connectivity index (χ1) is 8.52. The third-order valence-electron chi connectivity index (χ3n) is 2.15. The molecule has 0 saturated heterocycles. The molecule has 0 aliphatic heterocycles. The van der Waals surface area contributed by atoms with Gasteiger partial charge in [-0.25, -0.2) is 4.39 Å². The largest absolute Gasteiger partial charge is 0.466 e. The average molecular weight is 262 g/mol. The molecule has 0 saturated carbocycles. The van der Waals surface area contributed by atoms with Gasteiger partial charge in [0.2, 0.25) is 0 Å². The maximum absolute atomic E-state index is 13.3. The summed E-state index contributed by atoms with van der Waals surface area (Å²) in [7, 11) is 0. The summed E-state index contributed by atoms with van der Waals surface area (Å²) >= 11 is 0. The fourth-order valence-corrected chi connectivity index (χ4v) is 1.39. The highest BCUT2D eigenvalue weighted by Gasteiger charge is 2.10. The minimum absolute atomic E-state index is 0.0110. The summed E-state index contributed by atoms with van der Waals surface area (Å²) in [4.78, 5) is 11.1. The van der Waals surface area contributed by atoms with E-state index in [0.29, 0.717) is 0 Å². The van der Waals surface area contributed by atoms with Crippen LogP contribution in [0.25, 0.3) is 0 Å². The second kappa shape index (κ2) is 6.88. The Kier molecular flexibility index (Phi) is 5.48. The van der Waals surface area contributed by atoms with Gasteiger partial charge in [-0.1, -0.05) is 0 Å². The van der Waals surface area contributed by atoms with E-state index in [0.717, 1.165) is 18.2 Å². The van der Waals surface area contributed by atoms with Gasteiger partial charge in [-0.15, -0.1) is 0 Å². The van der Waals surface area contributed by atoms with Gasteiger partial charge < -0.3 is 9.47 Å². The molecule has 1 aromatic rings. The van der Waals surface area contributed by atoms with Gasteiger partial charge >= 0.3 is 12.6 Å². The number of hydrogen-bond donors (Lipinski definition) is 0. The Hall–Kier alpha value is -1.72. The van der Waals surface area contributed by atoms with Crippen molar-refractivity contribution in [2.75, 3.05) is 6.61 Å². The van der Waals surface area contributed by atoms with Gasteiger partial charge in [0.15, 0.2) is 0 Å². The van der Waals surface area contributed by atoms with Crippen LogP contribution in [0.5, 0.6) is 5.75 Å². The van der Waals surface area contributed by atoms with E-state index in [1.54, 1.807) is 6.92 Å². The van der Waals surface area contributed by atoms with Crippen molar-refractivity contribution in [3.63, 3.8) is 0 Å². The number of hydrogen-bond acceptors (Lipinski definition) is 3. The number of benzene rings is 1. The first kappa shape index (κ1) is 14.3. The lowest BCUT2D eigenvalue weighted by Crippen LogP contribution is -2.07. The van der Waals surface area contributed by atoms with Gasteiger partial charge in [-0.3, -0.25) is 4.79 Å². The topological polar surface area (TPSA) is 35.5 Å². The van der Waals surface area contributed by atoms with Gasteiger partial charge in [-0.05, 0) is 37.1 Å². The van der Waals surface area contributed by atoms with E-state index >= 15 is 0 Å². The molecule has 6 heteroatoms. The molecule has 0 spiro atoms. The molecule has 0 aliphatic carbocycles. The molecule has 0 unspecified atom stereocenters. The zero-order chi connectivity index (χ0) is 13.5. The Morgan fingerprint density at radius 2 is 2.11 bits per heavy atom. The minimum atomic E-state index is -2.96. The number of esters is 1. The number of halogens is 3. The van der Waals surface area contributed by atoms with Crippen molar-refractivity contribution >= 4 is 5.97 Å². The fourth-order valence-electron chi connectivity index (χ4n) is 1.39. The highest BCUT2D eigenvalue weighted by atomic mass is 19.3. The Labute approximate surface area is 103 Å². The van der Waals surface area contributed by atoms with Crippen molar-refractivity contribution in [3.05, 3.63) is 29.6 Å². The highest BCUT2D eigenvalue weighted by molar-refractivity contribution is 5.69. The molecule has 1 rings (SSSR count). The molecular weight excluding hydrogens is 249 g/mol. The summed E-state index contributed by atoms with van der Waals surface area (Å²) in [5, 5.41) is 0. The Morgan fingerprint density at radius 3 is 2.72 bits per heavy atom. The van der Waals surface area contributed by atoms with E-state index in [1.807, 2.05) is 0 Å². The quantitative estimate of drug-likeness (QED) is 0.739. The zero-order valence-corrected chi connectivity index (χ0v) is 9.79. The third-order valence-corrected chi connectivity index (χ3v) is 2.15. The predicted octanol–water partition coefficient (Wildman–Crippen LogP) is 2.92. The van der Waals surface area contributed by atoms with Crippen LogP contribution in [0.15, 0.2) is 18.2 Å². The molecule has 0 heterocycles. The lowest BCUT2D eigenvalue weighted by atomic mass is 10.1. The predicted molar refractivity (Wildman–Crippen MR) is 58.0 cm³/mol. The second-order valence-electron chi connectivity index (χ2n) is 3.44. The summed E-state index contributed by atoms with van der Waals surface area (Å²) in [6.45, 7) is -1.06. The number of ether oxygens (including phenoxy) is 2. The molecule has 100 valence electrons. The van der Waals surface area contributed by atoms with E-state index < -0.39 is 18.4 Å². The average Bonchev–Trinajstić information content (AvgIpc) is 2.29. The first-order valence-electron chi connectivity index (χ1n) is 5.41. The van der Waals surface area contributed by atoms with E-state index in [-0.39, 0.29) is 30.8 Å². The molecule has 1 aromatic carbocycles. The van der Waals surface area contributed by atoms with Gasteiger partial charge in [0, 0.05) is 6.42 Å². The van der Waals surface area contributed by atoms with Gasteiger partial charge in [-0.2, -0.15) is 8.78 Å². The standard InChI is InChI=1S/C12H13F3O3/c1-2-17-11(16)6-3-8-7-9(18-12(14)15)4-5-10(8)13/h4-5,7,12H,2-3,6H2,1H3. The maximum Gasteiger partial charge on any atom is 0.387 e. The van der Waals surface area contributed by atoms with Gasteiger partial charge in [0.25, 0.3) is 0 Å². The minimum Gasteiger partial charge on any atom is -0.466 e. The smallest absolute Gasteiger partial charge is 0.387 e. The molecule has 18 heavy (non-hydrogen) atoms. The van der Waals surface area contributed by atoms with Crippen molar-refractivity contribution in [2.24, 2.45) is 0 Å². The molecule has 0 radical (unpaired) electrons. The van der Waals surface area contributed by atoms with Crippen LogP contribution in [0.4, 0.5) is 13.2 Å². The summed E-state index contributed by atoms with van der Waals surface area (Å²) in [6, 6.07) is 3.29. The molecule has 0 bridgehead atoms. The van der Waals surface area contributed by atoms with Gasteiger partial charge in [0.05, 0.1) is 6.61 Å². The van der Waals surface area contributed by atoms with E-state index in [4.69, 9.17) is 0 Å². The van der Waals surface area contributed by atoms with Crippen molar-refractivity contribution < 1.29 is 27.4 Å². The van der Waals surface area contributed by atoms with E-state index in [2.05, 4.69) is 9.47 Å². The highest BCUT2D eigenvalue weighted by Crippen LogP contribution is 2.20. The van der Waals surface area contributed by atoms with Crippen molar-refractivity contribution in [3.8, 4) is 5.75 Å². The molecular formula is C12H13F3O3. The number of rotatable bonds is 6. The zero-order valence-electron chi connectivity index (χ0n) is 9.79. The summed E-state index contributed by atoms with van der Waals surface area (Å²) in [5.41, 5.74) is 0.140. The number of aryl methyl sites for hydroxylation is 1. The Morgan fingerprint density at radius 1 is 1.39 bits per heavy atom. The second-order valence-corrected chi connectivity index (χ2v) is 3.44. The van der Waals surface area contributed by atoms with Crippen LogP contribution in [-0.2, 0) is 16.0 Å². The van der Waals surface area contributed by atoms with Crippen LogP contribution >= 0.6 is 0 Å². The number of carbonyl (C=O) groups excluding carboxylic acids is 1. The SMILES string of the molecule is CCOC(=O)CCc1cc(OC(F)F)ccc1F. The van der Waals surface area contributed by atoms with Crippen LogP contribution < -0.4 is 4.74 Å². The van der Waals surface area contributed by atoms with E-state index in [1.165, 1.54) is 0 Å². The fraction of sp³-hybridized carbons (Fsp3) is 0.417. The first-order valence-corrected chi connectivity index (χ1v) is 5.41. The van der Waals surface area contributed by atoms with Crippen molar-refractivity contribution in [1.29, 1.82) is 0 Å². The van der Waals surface area contributed by atoms with Crippen LogP contribution in [-0.4, -0.2) is 19.2 Å². The van der Waals surface area contributed by atoms with Crippen LogP contribution in [0.2, 0.25) is 0 Å². The molecule has 0 fully saturated rings. The lowest BCUT2D eigenvalue weighted by molar-refractivity contribution is -0.143. The summed E-state index contributed by atoms with van der Waals surface area (Å²) in [6.07, 6.45) is 0.0635. The molecule has 0 aromatic heterocycles. The van der Waals surface area contributed by atoms with E-state index in [9.17, 15) is 18.0 Å². The number of alkyl halides is 2. The van der Waals surface area contributed by atoms with Crippen LogP contribution in [0, 0.1) is 5.82 Å². The molecule has 0 aliphatic rings. The monoisotopic (exact) mass is 262 g/mol. The molecule has 0 amide bonds. The molecule has 0 atom stereocenters. The van der Waals surface area contributed by atoms with Crippen LogP contribution in [0.1, 0.15) is 18.9 Å². The normalized spacial score (nSPS) is 10.5. The van der Waals surface area contributed by atoms with Crippen LogP contribution in [0.3, 0.4) is 0 Å². The molecule has 3 nitrogen and oxygen atoms in total. The number of carbonyl (C=O) groups is 1. The van der Waals surface area contributed by atoms with Crippen molar-refractivity contribution in [2.45, 2.75) is 26.4 Å². The van der Waals surface area contributed by atoms with Gasteiger partial charge in [0.1, 0.15) is 11.6 Å². The summed E-state index contributed by atoms with van der Waals surface area (Å²) < 4.78 is 46.1.